The van der Waals surface area contributed by atoms with Crippen LogP contribution in [0.3, 0.4) is 0 Å². The van der Waals surface area contributed by atoms with Crippen LogP contribution in [-0.2, 0) is 17.9 Å². The number of carboxylic acid groups (broad SMARTS) is 1. The van der Waals surface area contributed by atoms with Crippen molar-refractivity contribution in [2.45, 2.75) is 44.8 Å². The summed E-state index contributed by atoms with van der Waals surface area (Å²) in [5.74, 6) is -0.957. The summed E-state index contributed by atoms with van der Waals surface area (Å²) < 4.78 is 0. The molecule has 7 nitrogen and oxygen atoms in total. The number of aromatic carboxylic acids is 1. The van der Waals surface area contributed by atoms with Crippen molar-refractivity contribution < 1.29 is 14.7 Å². The molecule has 2 aromatic rings. The first-order valence-electron chi connectivity index (χ1n) is 10.9. The quantitative estimate of drug-likeness (QED) is 0.481. The molecular formula is C24H32N4O3. The van der Waals surface area contributed by atoms with Gasteiger partial charge in [0, 0.05) is 38.9 Å². The van der Waals surface area contributed by atoms with Gasteiger partial charge in [-0.15, -0.1) is 0 Å². The number of carbonyl (C=O) groups is 2. The molecule has 3 rings (SSSR count). The Balaban J connectivity index is 1.32. The number of carbonyl (C=O) groups excluding carboxylic acids is 1. The van der Waals surface area contributed by atoms with Crippen molar-refractivity contribution >= 4 is 11.9 Å². The third-order valence-corrected chi connectivity index (χ3v) is 5.55. The molecule has 0 radical (unpaired) electrons. The van der Waals surface area contributed by atoms with E-state index in [4.69, 9.17) is 5.11 Å². The van der Waals surface area contributed by atoms with Crippen LogP contribution in [-0.4, -0.2) is 64.5 Å². The fourth-order valence-electron chi connectivity index (χ4n) is 3.58. The lowest BCUT2D eigenvalue weighted by Crippen LogP contribution is -2.36. The fourth-order valence-corrected chi connectivity index (χ4v) is 3.58. The number of benzene rings is 1. The molecule has 0 spiro atoms. The van der Waals surface area contributed by atoms with Crippen LogP contribution in [0.5, 0.6) is 0 Å². The number of rotatable bonds is 13. The number of hydrogen-bond acceptors (Lipinski definition) is 5. The van der Waals surface area contributed by atoms with Crippen molar-refractivity contribution in [3.8, 4) is 0 Å². The molecule has 0 atom stereocenters. The van der Waals surface area contributed by atoms with Gasteiger partial charge in [0.1, 0.15) is 0 Å². The highest BCUT2D eigenvalue weighted by Gasteiger charge is 2.28. The van der Waals surface area contributed by atoms with Crippen LogP contribution < -0.4 is 5.32 Å². The molecule has 1 aromatic carbocycles. The number of carboxylic acids is 1. The zero-order chi connectivity index (χ0) is 22.1. The first-order chi connectivity index (χ1) is 15.0. The molecule has 0 aliphatic heterocycles. The van der Waals surface area contributed by atoms with Gasteiger partial charge in [0.2, 0.25) is 5.91 Å². The third-order valence-electron chi connectivity index (χ3n) is 5.55. The maximum absolute atomic E-state index is 12.3. The van der Waals surface area contributed by atoms with Gasteiger partial charge in [-0.05, 0) is 49.9 Å². The maximum atomic E-state index is 12.3. The molecule has 1 fully saturated rings. The molecule has 2 N–H and O–H groups in total. The second kappa shape index (κ2) is 11.6. The largest absolute Gasteiger partial charge is 0.478 e. The van der Waals surface area contributed by atoms with Gasteiger partial charge in [0.05, 0.1) is 17.8 Å². The average molecular weight is 425 g/mol. The van der Waals surface area contributed by atoms with Crippen molar-refractivity contribution in [1.82, 2.24) is 20.1 Å². The van der Waals surface area contributed by atoms with E-state index >= 15 is 0 Å². The topological polar surface area (TPSA) is 85.8 Å². The third kappa shape index (κ3) is 7.77. The van der Waals surface area contributed by atoms with Crippen LogP contribution in [0.25, 0.3) is 0 Å². The Labute approximate surface area is 184 Å². The summed E-state index contributed by atoms with van der Waals surface area (Å²) >= 11 is 0. The van der Waals surface area contributed by atoms with Gasteiger partial charge in [0.25, 0.3) is 0 Å². The van der Waals surface area contributed by atoms with Gasteiger partial charge in [-0.2, -0.15) is 0 Å². The number of amides is 1. The summed E-state index contributed by atoms with van der Waals surface area (Å²) in [7, 11) is 1.83. The minimum Gasteiger partial charge on any atom is -0.478 e. The Kier molecular flexibility index (Phi) is 8.55. The fraction of sp³-hybridized carbons (Fsp3) is 0.458. The number of nitrogens with zero attached hydrogens (tertiary/aromatic N) is 3. The maximum Gasteiger partial charge on any atom is 0.335 e. The predicted molar refractivity (Wildman–Crippen MR) is 120 cm³/mol. The van der Waals surface area contributed by atoms with Gasteiger partial charge >= 0.3 is 5.97 Å². The molecular weight excluding hydrogens is 392 g/mol. The Bertz CT molecular complexity index is 855. The first-order valence-corrected chi connectivity index (χ1v) is 10.9. The highest BCUT2D eigenvalue weighted by atomic mass is 16.4. The zero-order valence-corrected chi connectivity index (χ0v) is 18.2. The lowest BCUT2D eigenvalue weighted by Gasteiger charge is -2.23. The zero-order valence-electron chi connectivity index (χ0n) is 18.2. The normalized spacial score (nSPS) is 13.4. The molecule has 7 heteroatoms. The van der Waals surface area contributed by atoms with Crippen LogP contribution in [0.4, 0.5) is 0 Å². The number of hydrogen-bond donors (Lipinski definition) is 2. The summed E-state index contributed by atoms with van der Waals surface area (Å²) in [4.78, 5) is 31.8. The summed E-state index contributed by atoms with van der Waals surface area (Å²) in [6.45, 7) is 3.36. The molecule has 1 aliphatic carbocycles. The summed E-state index contributed by atoms with van der Waals surface area (Å²) in [5.41, 5.74) is 2.16. The molecule has 1 aliphatic rings. The van der Waals surface area contributed by atoms with Crippen LogP contribution in [0.1, 0.15) is 47.3 Å². The molecule has 1 heterocycles. The van der Waals surface area contributed by atoms with Crippen molar-refractivity contribution in [1.29, 1.82) is 0 Å². The SMILES string of the molecule is CN(CCCCN(Cc1ccccc1)C1CC1)C(=O)CNCc1cc(C(=O)O)ccn1. The standard InChI is InChI=1S/C24H32N4O3/c1-27(23(29)17-25-16-21-15-20(24(30)31)11-12-26-21)13-5-6-14-28(22-9-10-22)18-19-7-3-2-4-8-19/h2-4,7-8,11-12,15,22,25H,5-6,9-10,13-14,16-18H2,1H3,(H,30,31). The monoisotopic (exact) mass is 424 g/mol. The van der Waals surface area contributed by atoms with Crippen LogP contribution in [0.2, 0.25) is 0 Å². The van der Waals surface area contributed by atoms with E-state index in [-0.39, 0.29) is 18.0 Å². The average Bonchev–Trinajstić information content (AvgIpc) is 3.62. The lowest BCUT2D eigenvalue weighted by molar-refractivity contribution is -0.129. The van der Waals surface area contributed by atoms with E-state index in [9.17, 15) is 9.59 Å². The van der Waals surface area contributed by atoms with Crippen LogP contribution >= 0.6 is 0 Å². The van der Waals surface area contributed by atoms with Gasteiger partial charge < -0.3 is 15.3 Å². The Hall–Kier alpha value is -2.77. The molecule has 0 bridgehead atoms. The lowest BCUT2D eigenvalue weighted by atomic mass is 10.2. The number of nitrogens with one attached hydrogen (secondary N) is 1. The summed E-state index contributed by atoms with van der Waals surface area (Å²) in [6, 6.07) is 14.3. The number of unbranched alkanes of at least 4 members (excludes halogenated alkanes) is 1. The van der Waals surface area contributed by atoms with Crippen molar-refractivity contribution in [2.24, 2.45) is 0 Å². The van der Waals surface area contributed by atoms with Gasteiger partial charge in [0.15, 0.2) is 0 Å². The molecule has 0 saturated heterocycles. The Morgan fingerprint density at radius 1 is 1.13 bits per heavy atom. The summed E-state index contributed by atoms with van der Waals surface area (Å²) in [5, 5.41) is 12.1. The highest BCUT2D eigenvalue weighted by molar-refractivity contribution is 5.87. The van der Waals surface area contributed by atoms with E-state index < -0.39 is 5.97 Å². The molecule has 1 aromatic heterocycles. The van der Waals surface area contributed by atoms with Gasteiger partial charge in [-0.1, -0.05) is 30.3 Å². The number of pyridine rings is 1. The van der Waals surface area contributed by atoms with Crippen molar-refractivity contribution in [2.75, 3.05) is 26.7 Å². The second-order valence-electron chi connectivity index (χ2n) is 8.15. The minimum atomic E-state index is -0.983. The Morgan fingerprint density at radius 2 is 1.87 bits per heavy atom. The van der Waals surface area contributed by atoms with Crippen molar-refractivity contribution in [3.63, 3.8) is 0 Å². The van der Waals surface area contributed by atoms with E-state index in [0.717, 1.165) is 38.5 Å². The molecule has 31 heavy (non-hydrogen) atoms. The number of likely N-dealkylation sites (N-methyl/N-ethyl adjacent to an activating group) is 1. The highest BCUT2D eigenvalue weighted by Crippen LogP contribution is 2.28. The molecule has 166 valence electrons. The minimum absolute atomic E-state index is 0.0257. The number of aromatic nitrogens is 1. The van der Waals surface area contributed by atoms with E-state index in [1.165, 1.54) is 36.7 Å². The van der Waals surface area contributed by atoms with E-state index in [2.05, 4.69) is 45.5 Å². The van der Waals surface area contributed by atoms with E-state index in [0.29, 0.717) is 12.2 Å². The second-order valence-corrected chi connectivity index (χ2v) is 8.15. The van der Waals surface area contributed by atoms with Crippen LogP contribution in [0.15, 0.2) is 48.7 Å². The molecule has 1 amide bonds. The van der Waals surface area contributed by atoms with E-state index in [1.807, 2.05) is 7.05 Å². The van der Waals surface area contributed by atoms with Gasteiger partial charge in [-0.25, -0.2) is 4.79 Å². The Morgan fingerprint density at radius 3 is 2.58 bits per heavy atom. The predicted octanol–water partition coefficient (Wildman–Crippen LogP) is 2.77. The first kappa shape index (κ1) is 22.9. The van der Waals surface area contributed by atoms with Gasteiger partial charge in [-0.3, -0.25) is 14.7 Å². The van der Waals surface area contributed by atoms with E-state index in [1.54, 1.807) is 4.90 Å². The van der Waals surface area contributed by atoms with Crippen molar-refractivity contribution in [3.05, 3.63) is 65.5 Å². The van der Waals surface area contributed by atoms with Crippen LogP contribution in [0, 0.1) is 0 Å². The summed E-state index contributed by atoms with van der Waals surface area (Å²) in [6.07, 6.45) is 6.10. The smallest absolute Gasteiger partial charge is 0.335 e. The molecule has 0 unspecified atom stereocenters. The molecule has 1 saturated carbocycles.